The molecule has 0 atom stereocenters. The van der Waals surface area contributed by atoms with Gasteiger partial charge in [0, 0.05) is 12.2 Å². The fourth-order valence-electron chi connectivity index (χ4n) is 3.89. The van der Waals surface area contributed by atoms with E-state index in [0.29, 0.717) is 25.4 Å². The van der Waals surface area contributed by atoms with Gasteiger partial charge in [0.15, 0.2) is 0 Å². The fraction of sp³-hybridized carbons (Fsp3) is 0.750. The average molecular weight is 654 g/mol. The second-order valence-corrected chi connectivity index (χ2v) is 10.0. The van der Waals surface area contributed by atoms with Gasteiger partial charge in [0.25, 0.3) is 0 Å². The minimum Gasteiger partial charge on any atom is -0.545 e. The van der Waals surface area contributed by atoms with Crippen LogP contribution in [-0.4, -0.2) is 82.6 Å². The van der Waals surface area contributed by atoms with Crippen LogP contribution in [0.15, 0.2) is 24.3 Å². The molecule has 0 rings (SSSR count). The number of carboxylic acid groups (broad SMARTS) is 2. The molecular weight excluding hydrogens is 600 g/mol. The average Bonchev–Trinajstić information content (AvgIpc) is 2.92. The molecule has 0 aromatic rings. The zero-order chi connectivity index (χ0) is 30.1. The number of ether oxygens (including phenoxy) is 2. The molecule has 0 fully saturated rings. The molecule has 0 aliphatic carbocycles. The molecule has 0 bridgehead atoms. The standard InChI is InChI=1S/2C16H28O4.Sr/c2*1-2-3-4-5-6-7-8-9-10-11-14-20-16(19)13-12-15(17)18;/h2*12-13H,2-11,14H2,1H3,(H,17,18);/q;;+2/p-2. The monoisotopic (exact) mass is 654 g/mol. The van der Waals surface area contributed by atoms with Gasteiger partial charge in [0.2, 0.25) is 0 Å². The van der Waals surface area contributed by atoms with Crippen molar-refractivity contribution >= 4 is 69.4 Å². The summed E-state index contributed by atoms with van der Waals surface area (Å²) in [5.74, 6) is -4.02. The Morgan fingerprint density at radius 2 is 0.683 bits per heavy atom. The van der Waals surface area contributed by atoms with Gasteiger partial charge in [-0.05, 0) is 25.0 Å². The molecule has 9 heteroatoms. The molecule has 0 saturated carbocycles. The molecule has 0 radical (unpaired) electrons. The van der Waals surface area contributed by atoms with Gasteiger partial charge in [-0.3, -0.25) is 0 Å². The molecule has 0 aliphatic heterocycles. The van der Waals surface area contributed by atoms with Crippen LogP contribution in [-0.2, 0) is 28.7 Å². The minimum absolute atomic E-state index is 0. The van der Waals surface area contributed by atoms with E-state index in [1.165, 1.54) is 103 Å². The number of esters is 2. The normalized spacial score (nSPS) is 10.6. The first-order valence-electron chi connectivity index (χ1n) is 15.4. The van der Waals surface area contributed by atoms with Gasteiger partial charge in [-0.25, -0.2) is 9.59 Å². The summed E-state index contributed by atoms with van der Waals surface area (Å²) < 4.78 is 9.70. The molecule has 0 N–H and O–H groups in total. The fourth-order valence-corrected chi connectivity index (χ4v) is 3.89. The largest absolute Gasteiger partial charge is 2.00 e. The van der Waals surface area contributed by atoms with Crippen LogP contribution in [0.5, 0.6) is 0 Å². The topological polar surface area (TPSA) is 133 Å². The number of hydrogen-bond donors (Lipinski definition) is 0. The Hall–Kier alpha value is -1.16. The van der Waals surface area contributed by atoms with Crippen LogP contribution in [0.25, 0.3) is 0 Å². The molecule has 0 saturated heterocycles. The van der Waals surface area contributed by atoms with E-state index in [2.05, 4.69) is 13.8 Å². The number of carbonyl (C=O) groups excluding carboxylic acids is 4. The maximum absolute atomic E-state index is 11.0. The first kappa shape index (κ1) is 44.3. The van der Waals surface area contributed by atoms with Crippen LogP contribution >= 0.6 is 0 Å². The molecule has 0 amide bonds. The number of rotatable bonds is 26. The maximum Gasteiger partial charge on any atom is 2.00 e. The Labute approximate surface area is 286 Å². The van der Waals surface area contributed by atoms with Crippen LogP contribution in [0.1, 0.15) is 142 Å². The van der Waals surface area contributed by atoms with Crippen LogP contribution in [0.2, 0.25) is 0 Å². The first-order valence-corrected chi connectivity index (χ1v) is 15.4. The van der Waals surface area contributed by atoms with E-state index in [1.54, 1.807) is 0 Å². The Bertz CT molecular complexity index is 633. The Morgan fingerprint density at radius 1 is 0.439 bits per heavy atom. The van der Waals surface area contributed by atoms with Crippen LogP contribution < -0.4 is 10.2 Å². The van der Waals surface area contributed by atoms with Gasteiger partial charge in [-0.2, -0.15) is 0 Å². The predicted octanol–water partition coefficient (Wildman–Crippen LogP) is 5.13. The van der Waals surface area contributed by atoms with Crippen molar-refractivity contribution in [3.63, 3.8) is 0 Å². The molecule has 0 heterocycles. The van der Waals surface area contributed by atoms with E-state index in [0.717, 1.165) is 37.8 Å². The number of unbranched alkanes of at least 4 members (excludes halogenated alkanes) is 18. The van der Waals surface area contributed by atoms with Crippen molar-refractivity contribution in [2.75, 3.05) is 13.2 Å². The Morgan fingerprint density at radius 3 is 0.927 bits per heavy atom. The summed E-state index contributed by atoms with van der Waals surface area (Å²) in [7, 11) is 0. The summed E-state index contributed by atoms with van der Waals surface area (Å²) in [5, 5.41) is 20.1. The van der Waals surface area contributed by atoms with E-state index in [4.69, 9.17) is 9.47 Å². The van der Waals surface area contributed by atoms with Crippen molar-refractivity contribution in [2.45, 2.75) is 142 Å². The van der Waals surface area contributed by atoms with Crippen molar-refractivity contribution in [1.82, 2.24) is 0 Å². The van der Waals surface area contributed by atoms with Crippen molar-refractivity contribution in [2.24, 2.45) is 0 Å². The maximum atomic E-state index is 11.0. The molecule has 0 aromatic carbocycles. The van der Waals surface area contributed by atoms with Crippen LogP contribution in [0.4, 0.5) is 0 Å². The minimum atomic E-state index is -1.39. The second-order valence-electron chi connectivity index (χ2n) is 10.0. The van der Waals surface area contributed by atoms with Crippen molar-refractivity contribution < 1.29 is 38.9 Å². The number of carboxylic acids is 2. The molecule has 0 aromatic heterocycles. The zero-order valence-corrected chi connectivity index (χ0v) is 29.3. The van der Waals surface area contributed by atoms with Gasteiger partial charge in [-0.1, -0.05) is 129 Å². The predicted molar refractivity (Wildman–Crippen MR) is 160 cm³/mol. The van der Waals surface area contributed by atoms with Crippen molar-refractivity contribution in [3.8, 4) is 0 Å². The zero-order valence-electron chi connectivity index (χ0n) is 25.8. The molecule has 232 valence electrons. The molecule has 41 heavy (non-hydrogen) atoms. The molecule has 0 unspecified atom stereocenters. The molecular formula is C32H54O8Sr. The number of hydrogen-bond acceptors (Lipinski definition) is 8. The third-order valence-electron chi connectivity index (χ3n) is 6.20. The van der Waals surface area contributed by atoms with Crippen molar-refractivity contribution in [1.29, 1.82) is 0 Å². The summed E-state index contributed by atoms with van der Waals surface area (Å²) in [4.78, 5) is 42.1. The third kappa shape index (κ3) is 43.4. The van der Waals surface area contributed by atoms with Gasteiger partial charge in [0.05, 0.1) is 25.2 Å². The quantitative estimate of drug-likeness (QED) is 0.0543. The van der Waals surface area contributed by atoms with Gasteiger partial charge < -0.3 is 29.3 Å². The van der Waals surface area contributed by atoms with E-state index >= 15 is 0 Å². The summed E-state index contributed by atoms with van der Waals surface area (Å²) >= 11 is 0. The SMILES string of the molecule is CCCCCCCCCCCCOC(=O)C=CC(=O)[O-].CCCCCCCCCCCCOC(=O)C=CC(=O)[O-].[Sr+2]. The Kier molecular flexibility index (Phi) is 39.8. The molecule has 8 nitrogen and oxygen atoms in total. The summed E-state index contributed by atoms with van der Waals surface area (Å²) in [6.07, 6.45) is 27.6. The van der Waals surface area contributed by atoms with Gasteiger partial charge in [0.1, 0.15) is 0 Å². The van der Waals surface area contributed by atoms with Gasteiger partial charge in [-0.15, -0.1) is 0 Å². The van der Waals surface area contributed by atoms with E-state index < -0.39 is 23.9 Å². The summed E-state index contributed by atoms with van der Waals surface area (Å²) in [6, 6.07) is 0. The third-order valence-corrected chi connectivity index (χ3v) is 6.20. The Balaban J connectivity index is -0.000000688. The molecule has 0 aliphatic rings. The second kappa shape index (κ2) is 36.9. The van der Waals surface area contributed by atoms with Crippen LogP contribution in [0.3, 0.4) is 0 Å². The number of carbonyl (C=O) groups is 4. The summed E-state index contributed by atoms with van der Waals surface area (Å²) in [5.41, 5.74) is 0. The smallest absolute Gasteiger partial charge is 0.545 e. The summed E-state index contributed by atoms with van der Waals surface area (Å²) in [6.45, 7) is 5.15. The van der Waals surface area contributed by atoms with E-state index in [-0.39, 0.29) is 45.5 Å². The first-order chi connectivity index (χ1) is 19.3. The number of aliphatic carboxylic acids is 2. The van der Waals surface area contributed by atoms with Crippen LogP contribution in [0, 0.1) is 0 Å². The van der Waals surface area contributed by atoms with Crippen molar-refractivity contribution in [3.05, 3.63) is 24.3 Å². The molecule has 0 spiro atoms. The van der Waals surface area contributed by atoms with Gasteiger partial charge >= 0.3 is 57.4 Å². The van der Waals surface area contributed by atoms with E-state index in [1.807, 2.05) is 0 Å². The van der Waals surface area contributed by atoms with E-state index in [9.17, 15) is 29.4 Å².